The van der Waals surface area contributed by atoms with Crippen molar-refractivity contribution in [2.24, 2.45) is 0 Å². The number of hydrogen-bond donors (Lipinski definition) is 2. The van der Waals surface area contributed by atoms with E-state index >= 15 is 0 Å². The van der Waals surface area contributed by atoms with E-state index in [0.29, 0.717) is 17.1 Å². The Balaban J connectivity index is 1.81. The highest BCUT2D eigenvalue weighted by atomic mass is 35.5. The number of hydrogen-bond acceptors (Lipinski definition) is 7. The summed E-state index contributed by atoms with van der Waals surface area (Å²) in [4.78, 5) is 4.19. The molecule has 3 aromatic rings. The molecule has 0 unspecified atom stereocenters. The summed E-state index contributed by atoms with van der Waals surface area (Å²) >= 11 is 4.72. The van der Waals surface area contributed by atoms with Crippen LogP contribution in [-0.2, 0) is 6.61 Å². The molecule has 0 aliphatic rings. The number of aromatic nitrogens is 3. The molecule has 0 saturated heterocycles. The van der Waals surface area contributed by atoms with Crippen LogP contribution in [0.5, 0.6) is 5.75 Å². The van der Waals surface area contributed by atoms with Gasteiger partial charge in [-0.15, -0.1) is 19.0 Å². The van der Waals surface area contributed by atoms with Gasteiger partial charge in [-0.1, -0.05) is 0 Å². The number of anilines is 2. The van der Waals surface area contributed by atoms with Crippen molar-refractivity contribution < 1.29 is 23.0 Å². The lowest BCUT2D eigenvalue weighted by molar-refractivity contribution is -0.0964. The Morgan fingerprint density at radius 2 is 1.96 bits per heavy atom. The molecule has 25 heavy (non-hydrogen) atoms. The number of aliphatic hydroxyl groups is 1. The molecule has 10 heteroatoms. The van der Waals surface area contributed by atoms with E-state index in [-0.39, 0.29) is 24.1 Å². The van der Waals surface area contributed by atoms with Crippen molar-refractivity contribution in [2.75, 3.05) is 5.32 Å². The van der Waals surface area contributed by atoms with Crippen LogP contribution in [0.3, 0.4) is 0 Å². The predicted molar refractivity (Wildman–Crippen MR) is 84.6 cm³/mol. The summed E-state index contributed by atoms with van der Waals surface area (Å²) in [5, 5.41) is 19.5. The zero-order valence-corrected chi connectivity index (χ0v) is 13.2. The van der Waals surface area contributed by atoms with Crippen LogP contribution < -0.4 is 10.1 Å². The lowest BCUT2D eigenvalue weighted by Crippen LogP contribution is -2.15. The largest absolute Gasteiger partial charge is 0.487 e. The predicted octanol–water partition coefficient (Wildman–Crippen LogP) is 3.54. The molecular formula is C15H11ClF2N4O3. The van der Waals surface area contributed by atoms with Crippen molar-refractivity contribution >= 4 is 23.1 Å². The lowest BCUT2D eigenvalue weighted by Gasteiger charge is -2.12. The Morgan fingerprint density at radius 3 is 2.60 bits per heavy atom. The first kappa shape index (κ1) is 17.1. The van der Waals surface area contributed by atoms with Gasteiger partial charge in [-0.05, 0) is 36.4 Å². The summed E-state index contributed by atoms with van der Waals surface area (Å²) in [6, 6.07) is 9.08. The van der Waals surface area contributed by atoms with Crippen molar-refractivity contribution in [3.05, 3.63) is 48.5 Å². The molecule has 0 saturated carbocycles. The van der Waals surface area contributed by atoms with Gasteiger partial charge in [0, 0.05) is 23.5 Å². The number of ether oxygens (including phenoxy) is 1. The molecule has 0 radical (unpaired) electrons. The van der Waals surface area contributed by atoms with Gasteiger partial charge >= 0.3 is 5.57 Å². The number of aliphatic hydroxyl groups excluding tert-OH is 1. The van der Waals surface area contributed by atoms with E-state index < -0.39 is 5.57 Å². The fraction of sp³-hybridized carbons (Fsp3) is 0.133. The normalized spacial score (nSPS) is 11.4. The maximum absolute atomic E-state index is 12.6. The van der Waals surface area contributed by atoms with E-state index in [1.165, 1.54) is 24.3 Å². The van der Waals surface area contributed by atoms with Crippen molar-refractivity contribution in [3.63, 3.8) is 0 Å². The van der Waals surface area contributed by atoms with E-state index in [2.05, 4.69) is 25.2 Å². The topological polar surface area (TPSA) is 93.3 Å². The molecule has 0 bridgehead atoms. The number of nitrogens with one attached hydrogen (secondary N) is 1. The highest BCUT2D eigenvalue weighted by Crippen LogP contribution is 2.29. The molecule has 2 N–H and O–H groups in total. The number of rotatable bonds is 6. The molecule has 0 fully saturated rings. The average molecular weight is 369 g/mol. The third-order valence-corrected chi connectivity index (χ3v) is 3.07. The smallest absolute Gasteiger partial charge is 0.420 e. The fourth-order valence-electron chi connectivity index (χ4n) is 1.98. The number of halogens is 3. The minimum absolute atomic E-state index is 0.0771. The summed E-state index contributed by atoms with van der Waals surface area (Å²) < 4.78 is 34.8. The first-order valence-electron chi connectivity index (χ1n) is 6.96. The van der Waals surface area contributed by atoms with Crippen LogP contribution in [0.2, 0.25) is 0 Å². The molecular weight excluding hydrogens is 358 g/mol. The van der Waals surface area contributed by atoms with Crippen molar-refractivity contribution in [1.29, 1.82) is 0 Å². The molecule has 3 rings (SSSR count). The second kappa shape index (κ2) is 6.99. The molecule has 2 aromatic heterocycles. The molecule has 0 atom stereocenters. The molecule has 1 aromatic carbocycles. The van der Waals surface area contributed by atoms with Crippen LogP contribution in [0.1, 0.15) is 5.89 Å². The zero-order valence-electron chi connectivity index (χ0n) is 12.5. The van der Waals surface area contributed by atoms with Crippen LogP contribution in [0.25, 0.3) is 11.5 Å². The van der Waals surface area contributed by atoms with E-state index in [1.807, 2.05) is 0 Å². The Morgan fingerprint density at radius 1 is 1.20 bits per heavy atom. The summed E-state index contributed by atoms with van der Waals surface area (Å²) in [7, 11) is 0. The SMILES string of the molecule is OCc1nnc(-c2cccnc2Nc2ccc(OC(F)(F)Cl)cc2)o1. The van der Waals surface area contributed by atoms with Crippen molar-refractivity contribution in [3.8, 4) is 17.2 Å². The Kier molecular flexibility index (Phi) is 4.77. The third-order valence-electron chi connectivity index (χ3n) is 2.99. The summed E-state index contributed by atoms with van der Waals surface area (Å²) in [5.41, 5.74) is -2.69. The van der Waals surface area contributed by atoms with Gasteiger partial charge in [0.1, 0.15) is 18.2 Å². The monoisotopic (exact) mass is 368 g/mol. The zero-order chi connectivity index (χ0) is 17.9. The molecule has 130 valence electrons. The van der Waals surface area contributed by atoms with Gasteiger partial charge in [-0.2, -0.15) is 0 Å². The van der Waals surface area contributed by atoms with Gasteiger partial charge in [0.15, 0.2) is 0 Å². The van der Waals surface area contributed by atoms with Crippen LogP contribution in [0.15, 0.2) is 47.0 Å². The molecule has 0 amide bonds. The number of pyridine rings is 1. The summed E-state index contributed by atoms with van der Waals surface area (Å²) in [5.74, 6) is 0.581. The third kappa shape index (κ3) is 4.40. The molecule has 0 aliphatic heterocycles. The van der Waals surface area contributed by atoms with Gasteiger partial charge in [-0.3, -0.25) is 0 Å². The first-order chi connectivity index (χ1) is 11.9. The Labute approximate surface area is 145 Å². The fourth-order valence-corrected chi connectivity index (χ4v) is 2.07. The standard InChI is InChI=1S/C15H11ClF2N4O3/c16-15(17,18)25-10-5-3-9(4-6-10)20-13-11(2-1-7-19-13)14-22-21-12(8-23)24-14/h1-7,23H,8H2,(H,19,20). The lowest BCUT2D eigenvalue weighted by atomic mass is 10.2. The van der Waals surface area contributed by atoms with Crippen molar-refractivity contribution in [2.45, 2.75) is 12.2 Å². The van der Waals surface area contributed by atoms with E-state index in [0.717, 1.165) is 0 Å². The quantitative estimate of drug-likeness (QED) is 0.643. The van der Waals surface area contributed by atoms with Crippen LogP contribution in [0.4, 0.5) is 20.3 Å². The Hall–Kier alpha value is -2.78. The molecule has 2 heterocycles. The van der Waals surface area contributed by atoms with Gasteiger partial charge in [0.2, 0.25) is 5.89 Å². The van der Waals surface area contributed by atoms with Crippen LogP contribution in [0, 0.1) is 0 Å². The number of benzene rings is 1. The number of nitrogens with zero attached hydrogens (tertiary/aromatic N) is 3. The Bertz CT molecular complexity index is 852. The second-order valence-electron chi connectivity index (χ2n) is 4.76. The van der Waals surface area contributed by atoms with Crippen molar-refractivity contribution in [1.82, 2.24) is 15.2 Å². The van der Waals surface area contributed by atoms with Gasteiger partial charge in [0.25, 0.3) is 5.89 Å². The van der Waals surface area contributed by atoms with Crippen LogP contribution >= 0.6 is 11.6 Å². The second-order valence-corrected chi connectivity index (χ2v) is 5.20. The maximum Gasteiger partial charge on any atom is 0.487 e. The number of alkyl halides is 3. The maximum atomic E-state index is 12.6. The molecule has 0 spiro atoms. The average Bonchev–Trinajstić information content (AvgIpc) is 3.05. The molecule has 7 nitrogen and oxygen atoms in total. The van der Waals surface area contributed by atoms with Crippen LogP contribution in [-0.4, -0.2) is 25.9 Å². The summed E-state index contributed by atoms with van der Waals surface area (Å²) in [6.07, 6.45) is 1.56. The van der Waals surface area contributed by atoms with E-state index in [4.69, 9.17) is 21.1 Å². The first-order valence-corrected chi connectivity index (χ1v) is 7.34. The van der Waals surface area contributed by atoms with Gasteiger partial charge < -0.3 is 19.6 Å². The van der Waals surface area contributed by atoms with E-state index in [9.17, 15) is 8.78 Å². The van der Waals surface area contributed by atoms with Gasteiger partial charge in [0.05, 0.1) is 5.56 Å². The van der Waals surface area contributed by atoms with Gasteiger partial charge in [-0.25, -0.2) is 4.98 Å². The minimum Gasteiger partial charge on any atom is -0.420 e. The van der Waals surface area contributed by atoms with E-state index in [1.54, 1.807) is 18.3 Å². The summed E-state index contributed by atoms with van der Waals surface area (Å²) in [6.45, 7) is -0.372. The minimum atomic E-state index is -3.77. The highest BCUT2D eigenvalue weighted by molar-refractivity contribution is 6.20. The molecule has 0 aliphatic carbocycles. The highest BCUT2D eigenvalue weighted by Gasteiger charge is 2.27.